The van der Waals surface area contributed by atoms with E-state index in [1.165, 1.54) is 16.7 Å². The molecule has 1 N–H and O–H groups in total. The molecule has 1 aromatic carbocycles. The third kappa shape index (κ3) is 1.72. The summed E-state index contributed by atoms with van der Waals surface area (Å²) in [7, 11) is 0. The molecule has 1 aliphatic rings. The number of aryl methyl sites for hydroxylation is 1. The molecule has 1 aromatic heterocycles. The lowest BCUT2D eigenvalue weighted by Crippen LogP contribution is -1.85. The molecular formula is C14H14N2. The molecule has 0 amide bonds. The van der Waals surface area contributed by atoms with Crippen molar-refractivity contribution in [1.82, 2.24) is 10.3 Å². The van der Waals surface area contributed by atoms with Gasteiger partial charge in [0.15, 0.2) is 0 Å². The summed E-state index contributed by atoms with van der Waals surface area (Å²) in [6.07, 6.45) is 3.70. The van der Waals surface area contributed by atoms with Crippen LogP contribution < -0.4 is 5.32 Å². The highest BCUT2D eigenvalue weighted by Gasteiger charge is 2.38. The van der Waals surface area contributed by atoms with Crippen LogP contribution in [0.3, 0.4) is 0 Å². The summed E-state index contributed by atoms with van der Waals surface area (Å²) in [5.41, 5.74) is 4.00. The Morgan fingerprint density at radius 2 is 1.44 bits per heavy atom. The normalized spacial score (nSPS) is 23.1. The molecule has 2 heteroatoms. The van der Waals surface area contributed by atoms with Crippen molar-refractivity contribution in [2.24, 2.45) is 0 Å². The highest BCUT2D eigenvalue weighted by molar-refractivity contribution is 5.34. The van der Waals surface area contributed by atoms with Crippen molar-refractivity contribution in [2.75, 3.05) is 0 Å². The lowest BCUT2D eigenvalue weighted by atomic mass is 10.0. The van der Waals surface area contributed by atoms with Crippen LogP contribution in [0.1, 0.15) is 28.8 Å². The highest BCUT2D eigenvalue weighted by atomic mass is 15.1. The lowest BCUT2D eigenvalue weighted by molar-refractivity contribution is 1.02. The summed E-state index contributed by atoms with van der Waals surface area (Å²) in [5, 5.41) is 3.49. The van der Waals surface area contributed by atoms with Crippen LogP contribution in [0.2, 0.25) is 0 Å². The van der Waals surface area contributed by atoms with Gasteiger partial charge in [0.1, 0.15) is 0 Å². The van der Waals surface area contributed by atoms with Crippen molar-refractivity contribution >= 4 is 0 Å². The van der Waals surface area contributed by atoms with Crippen LogP contribution in [0.15, 0.2) is 48.8 Å². The van der Waals surface area contributed by atoms with Gasteiger partial charge in [-0.3, -0.25) is 10.3 Å². The first-order chi connectivity index (χ1) is 7.84. The standard InChI is InChI=1S/C14H14N2/c1-10-2-4-11(5-3-10)13-14(16-13)12-6-8-15-9-7-12/h2-9,13-14,16H,1H3. The maximum Gasteiger partial charge on any atom is 0.0524 e. The van der Waals surface area contributed by atoms with Gasteiger partial charge in [-0.1, -0.05) is 29.8 Å². The van der Waals surface area contributed by atoms with Gasteiger partial charge < -0.3 is 0 Å². The zero-order valence-corrected chi connectivity index (χ0v) is 9.22. The van der Waals surface area contributed by atoms with E-state index in [-0.39, 0.29) is 0 Å². The van der Waals surface area contributed by atoms with Gasteiger partial charge in [-0.15, -0.1) is 0 Å². The summed E-state index contributed by atoms with van der Waals surface area (Å²) >= 11 is 0. The molecule has 1 aliphatic heterocycles. The van der Waals surface area contributed by atoms with Crippen molar-refractivity contribution in [1.29, 1.82) is 0 Å². The number of nitrogens with zero attached hydrogens (tertiary/aromatic N) is 1. The average molecular weight is 210 g/mol. The van der Waals surface area contributed by atoms with Crippen LogP contribution in [0, 0.1) is 6.92 Å². The highest BCUT2D eigenvalue weighted by Crippen LogP contribution is 2.41. The molecule has 0 bridgehead atoms. The summed E-state index contributed by atoms with van der Waals surface area (Å²) in [4.78, 5) is 4.04. The summed E-state index contributed by atoms with van der Waals surface area (Å²) in [6.45, 7) is 2.12. The van der Waals surface area contributed by atoms with E-state index in [1.807, 2.05) is 12.4 Å². The molecule has 16 heavy (non-hydrogen) atoms. The Labute approximate surface area is 95.3 Å². The Morgan fingerprint density at radius 3 is 2.06 bits per heavy atom. The van der Waals surface area contributed by atoms with Crippen molar-refractivity contribution < 1.29 is 0 Å². The van der Waals surface area contributed by atoms with Gasteiger partial charge in [-0.2, -0.15) is 0 Å². The summed E-state index contributed by atoms with van der Waals surface area (Å²) < 4.78 is 0. The number of hydrogen-bond donors (Lipinski definition) is 1. The molecule has 1 fully saturated rings. The van der Waals surface area contributed by atoms with Gasteiger partial charge in [0.25, 0.3) is 0 Å². The van der Waals surface area contributed by atoms with Gasteiger partial charge >= 0.3 is 0 Å². The van der Waals surface area contributed by atoms with Gasteiger partial charge in [0.05, 0.1) is 12.1 Å². The Kier molecular flexibility index (Phi) is 2.22. The monoisotopic (exact) mass is 210 g/mol. The molecule has 0 spiro atoms. The van der Waals surface area contributed by atoms with Crippen LogP contribution in [0.5, 0.6) is 0 Å². The number of hydrogen-bond acceptors (Lipinski definition) is 2. The predicted molar refractivity (Wildman–Crippen MR) is 64.0 cm³/mol. The number of aromatic nitrogens is 1. The first-order valence-electron chi connectivity index (χ1n) is 5.57. The van der Waals surface area contributed by atoms with Crippen LogP contribution in [-0.4, -0.2) is 4.98 Å². The van der Waals surface area contributed by atoms with Crippen molar-refractivity contribution in [2.45, 2.75) is 19.0 Å². The Morgan fingerprint density at radius 1 is 0.875 bits per heavy atom. The van der Waals surface area contributed by atoms with E-state index in [4.69, 9.17) is 0 Å². The summed E-state index contributed by atoms with van der Waals surface area (Å²) in [5.74, 6) is 0. The molecule has 80 valence electrons. The summed E-state index contributed by atoms with van der Waals surface area (Å²) in [6, 6.07) is 13.8. The topological polar surface area (TPSA) is 34.8 Å². The Bertz CT molecular complexity index is 476. The van der Waals surface area contributed by atoms with Crippen LogP contribution in [0.4, 0.5) is 0 Å². The zero-order valence-electron chi connectivity index (χ0n) is 9.22. The SMILES string of the molecule is Cc1ccc(C2NC2c2ccncc2)cc1. The first-order valence-corrected chi connectivity index (χ1v) is 5.57. The second-order valence-corrected chi connectivity index (χ2v) is 4.31. The smallest absolute Gasteiger partial charge is 0.0524 e. The Balaban J connectivity index is 1.79. The fraction of sp³-hybridized carbons (Fsp3) is 0.214. The fourth-order valence-corrected chi connectivity index (χ4v) is 2.06. The van der Waals surface area contributed by atoms with Gasteiger partial charge in [0, 0.05) is 12.4 Å². The van der Waals surface area contributed by atoms with Gasteiger partial charge in [-0.25, -0.2) is 0 Å². The van der Waals surface area contributed by atoms with E-state index in [1.54, 1.807) is 0 Å². The van der Waals surface area contributed by atoms with E-state index in [2.05, 4.69) is 53.6 Å². The largest absolute Gasteiger partial charge is 0.300 e. The minimum atomic E-state index is 0.464. The zero-order chi connectivity index (χ0) is 11.0. The molecule has 2 atom stereocenters. The number of nitrogens with one attached hydrogen (secondary N) is 1. The minimum absolute atomic E-state index is 0.464. The quantitative estimate of drug-likeness (QED) is 0.773. The maximum absolute atomic E-state index is 4.04. The number of rotatable bonds is 2. The van der Waals surface area contributed by atoms with E-state index < -0.39 is 0 Å². The van der Waals surface area contributed by atoms with E-state index in [0.717, 1.165) is 0 Å². The van der Waals surface area contributed by atoms with Crippen molar-refractivity contribution in [3.8, 4) is 0 Å². The predicted octanol–water partition coefficient (Wildman–Crippen LogP) is 2.78. The van der Waals surface area contributed by atoms with E-state index >= 15 is 0 Å². The number of benzene rings is 1. The maximum atomic E-state index is 4.04. The average Bonchev–Trinajstić information content (AvgIpc) is 3.11. The van der Waals surface area contributed by atoms with Crippen molar-refractivity contribution in [3.63, 3.8) is 0 Å². The van der Waals surface area contributed by atoms with Crippen LogP contribution >= 0.6 is 0 Å². The second kappa shape index (κ2) is 3.72. The molecule has 2 aromatic rings. The molecular weight excluding hydrogens is 196 g/mol. The molecule has 0 aliphatic carbocycles. The van der Waals surface area contributed by atoms with E-state index in [9.17, 15) is 0 Å². The minimum Gasteiger partial charge on any atom is -0.300 e. The number of pyridine rings is 1. The third-order valence-electron chi connectivity index (χ3n) is 3.09. The molecule has 2 nitrogen and oxygen atoms in total. The van der Waals surface area contributed by atoms with Gasteiger partial charge in [0.2, 0.25) is 0 Å². The lowest BCUT2D eigenvalue weighted by Gasteiger charge is -1.99. The molecule has 3 rings (SSSR count). The molecule has 2 unspecified atom stereocenters. The molecule has 2 heterocycles. The molecule has 1 saturated heterocycles. The molecule has 0 radical (unpaired) electrons. The van der Waals surface area contributed by atoms with E-state index in [0.29, 0.717) is 12.1 Å². The van der Waals surface area contributed by atoms with Gasteiger partial charge in [-0.05, 0) is 30.2 Å². The Hall–Kier alpha value is -1.67. The van der Waals surface area contributed by atoms with Crippen LogP contribution in [0.25, 0.3) is 0 Å². The third-order valence-corrected chi connectivity index (χ3v) is 3.09. The fourth-order valence-electron chi connectivity index (χ4n) is 2.06. The van der Waals surface area contributed by atoms with Crippen LogP contribution in [-0.2, 0) is 0 Å². The first kappa shape index (κ1) is 9.55. The molecule has 0 saturated carbocycles. The second-order valence-electron chi connectivity index (χ2n) is 4.31. The van der Waals surface area contributed by atoms with Crippen molar-refractivity contribution in [3.05, 3.63) is 65.5 Å².